The largest absolute Gasteiger partial charge is 0.493 e. The van der Waals surface area contributed by atoms with Gasteiger partial charge in [0.15, 0.2) is 11.5 Å². The number of thiophene rings is 1. The number of carbonyl (C=O) groups is 1. The van der Waals surface area contributed by atoms with E-state index in [4.69, 9.17) is 9.47 Å². The second kappa shape index (κ2) is 5.58. The Morgan fingerprint density at radius 3 is 2.29 bits per heavy atom. The zero-order valence-corrected chi connectivity index (χ0v) is 12.6. The van der Waals surface area contributed by atoms with Gasteiger partial charge in [-0.2, -0.15) is 0 Å². The van der Waals surface area contributed by atoms with E-state index in [-0.39, 0.29) is 5.78 Å². The Hall–Kier alpha value is -2.33. The van der Waals surface area contributed by atoms with E-state index in [9.17, 15) is 4.79 Å². The Morgan fingerprint density at radius 2 is 1.62 bits per heavy atom. The number of rotatable bonds is 4. The first kappa shape index (κ1) is 13.6. The average Bonchev–Trinajstić information content (AvgIpc) is 2.96. The third-order valence-corrected chi connectivity index (χ3v) is 4.38. The van der Waals surface area contributed by atoms with Gasteiger partial charge < -0.3 is 9.47 Å². The molecule has 1 aromatic heterocycles. The lowest BCUT2D eigenvalue weighted by atomic mass is 10.1. The van der Waals surface area contributed by atoms with Crippen LogP contribution in [-0.4, -0.2) is 20.0 Å². The topological polar surface area (TPSA) is 35.5 Å². The number of ether oxygens (including phenoxy) is 2. The SMILES string of the molecule is COc1cc2cc(C(=O)c3ccccc3)sc2cc1OC. The van der Waals surface area contributed by atoms with E-state index in [0.29, 0.717) is 21.9 Å². The van der Waals surface area contributed by atoms with Crippen molar-refractivity contribution in [2.45, 2.75) is 0 Å². The van der Waals surface area contributed by atoms with Crippen LogP contribution < -0.4 is 9.47 Å². The third kappa shape index (κ3) is 2.50. The molecule has 0 unspecified atom stereocenters. The Kier molecular flexibility index (Phi) is 3.62. The number of hydrogen-bond acceptors (Lipinski definition) is 4. The minimum absolute atomic E-state index is 0.0368. The highest BCUT2D eigenvalue weighted by Crippen LogP contribution is 2.36. The molecule has 0 saturated heterocycles. The van der Waals surface area contributed by atoms with Crippen LogP contribution in [0.2, 0.25) is 0 Å². The van der Waals surface area contributed by atoms with Gasteiger partial charge in [-0.3, -0.25) is 4.79 Å². The molecule has 1 heterocycles. The number of fused-ring (bicyclic) bond motifs is 1. The van der Waals surface area contributed by atoms with Crippen molar-refractivity contribution >= 4 is 27.2 Å². The molecule has 4 heteroatoms. The van der Waals surface area contributed by atoms with Gasteiger partial charge in [0.25, 0.3) is 0 Å². The minimum atomic E-state index is 0.0368. The van der Waals surface area contributed by atoms with Crippen LogP contribution in [0.25, 0.3) is 10.1 Å². The number of methoxy groups -OCH3 is 2. The molecule has 0 N–H and O–H groups in total. The standard InChI is InChI=1S/C17H14O3S/c1-19-13-8-12-9-16(21-15(12)10-14(13)20-2)17(18)11-6-4-3-5-7-11/h3-10H,1-2H3. The summed E-state index contributed by atoms with van der Waals surface area (Å²) in [6, 6.07) is 15.0. The average molecular weight is 298 g/mol. The molecule has 0 saturated carbocycles. The third-order valence-electron chi connectivity index (χ3n) is 3.28. The van der Waals surface area contributed by atoms with Gasteiger partial charge >= 0.3 is 0 Å². The number of hydrogen-bond donors (Lipinski definition) is 0. The van der Waals surface area contributed by atoms with Crippen LogP contribution in [0.15, 0.2) is 48.5 Å². The van der Waals surface area contributed by atoms with Crippen molar-refractivity contribution in [3.05, 3.63) is 59.0 Å². The van der Waals surface area contributed by atoms with E-state index in [1.165, 1.54) is 11.3 Å². The summed E-state index contributed by atoms with van der Waals surface area (Å²) < 4.78 is 11.6. The molecule has 106 valence electrons. The molecule has 3 aromatic rings. The Labute approximate surface area is 126 Å². The fourth-order valence-electron chi connectivity index (χ4n) is 2.21. The van der Waals surface area contributed by atoms with E-state index in [0.717, 1.165) is 10.1 Å². The molecular weight excluding hydrogens is 284 g/mol. The monoisotopic (exact) mass is 298 g/mol. The van der Waals surface area contributed by atoms with Crippen LogP contribution in [0.1, 0.15) is 15.2 Å². The first-order valence-corrected chi connectivity index (χ1v) is 7.30. The first-order chi connectivity index (χ1) is 10.2. The highest BCUT2D eigenvalue weighted by Gasteiger charge is 2.14. The van der Waals surface area contributed by atoms with Gasteiger partial charge in [-0.15, -0.1) is 11.3 Å². The normalized spacial score (nSPS) is 10.6. The van der Waals surface area contributed by atoms with Crippen molar-refractivity contribution < 1.29 is 14.3 Å². The lowest BCUT2D eigenvalue weighted by molar-refractivity contribution is 0.104. The summed E-state index contributed by atoms with van der Waals surface area (Å²) in [6.07, 6.45) is 0. The zero-order valence-electron chi connectivity index (χ0n) is 11.8. The summed E-state index contributed by atoms with van der Waals surface area (Å²) in [5, 5.41) is 0.983. The molecule has 0 spiro atoms. The lowest BCUT2D eigenvalue weighted by Gasteiger charge is -2.06. The van der Waals surface area contributed by atoms with E-state index >= 15 is 0 Å². The Morgan fingerprint density at radius 1 is 0.952 bits per heavy atom. The molecule has 0 aliphatic heterocycles. The molecular formula is C17H14O3S. The highest BCUT2D eigenvalue weighted by molar-refractivity contribution is 7.21. The van der Waals surface area contributed by atoms with Crippen LogP contribution in [0.3, 0.4) is 0 Å². The summed E-state index contributed by atoms with van der Waals surface area (Å²) in [5.74, 6) is 1.38. The van der Waals surface area contributed by atoms with Crippen molar-refractivity contribution in [2.24, 2.45) is 0 Å². The molecule has 0 fully saturated rings. The van der Waals surface area contributed by atoms with Gasteiger partial charge in [-0.05, 0) is 17.5 Å². The smallest absolute Gasteiger partial charge is 0.202 e. The maximum absolute atomic E-state index is 12.5. The second-order valence-corrected chi connectivity index (χ2v) is 5.63. The fraction of sp³-hybridized carbons (Fsp3) is 0.118. The number of benzene rings is 2. The van der Waals surface area contributed by atoms with Crippen LogP contribution in [0, 0.1) is 0 Å². The van der Waals surface area contributed by atoms with Gasteiger partial charge in [0.05, 0.1) is 19.1 Å². The van der Waals surface area contributed by atoms with Crippen molar-refractivity contribution in [1.29, 1.82) is 0 Å². The second-order valence-electron chi connectivity index (χ2n) is 4.55. The van der Waals surface area contributed by atoms with Crippen LogP contribution in [0.4, 0.5) is 0 Å². The predicted octanol–water partition coefficient (Wildman–Crippen LogP) is 4.15. The van der Waals surface area contributed by atoms with Crippen molar-refractivity contribution in [3.8, 4) is 11.5 Å². The summed E-state index contributed by atoms with van der Waals surface area (Å²) in [7, 11) is 3.21. The predicted molar refractivity (Wildman–Crippen MR) is 84.8 cm³/mol. The molecule has 0 atom stereocenters. The summed E-state index contributed by atoms with van der Waals surface area (Å²) in [5.41, 5.74) is 0.697. The summed E-state index contributed by atoms with van der Waals surface area (Å²) >= 11 is 1.46. The molecule has 2 aromatic carbocycles. The van der Waals surface area contributed by atoms with Gasteiger partial charge in [0.2, 0.25) is 5.78 Å². The maximum atomic E-state index is 12.5. The van der Waals surface area contributed by atoms with E-state index in [2.05, 4.69) is 0 Å². The van der Waals surface area contributed by atoms with Gasteiger partial charge in [0, 0.05) is 16.3 Å². The first-order valence-electron chi connectivity index (χ1n) is 6.48. The Bertz CT molecular complexity index is 749. The van der Waals surface area contributed by atoms with E-state index in [1.807, 2.05) is 48.5 Å². The number of carbonyl (C=O) groups excluding carboxylic acids is 1. The molecule has 0 bridgehead atoms. The van der Waals surface area contributed by atoms with Gasteiger partial charge in [-0.25, -0.2) is 0 Å². The molecule has 21 heavy (non-hydrogen) atoms. The molecule has 0 amide bonds. The molecule has 3 rings (SSSR count). The van der Waals surface area contributed by atoms with Crippen molar-refractivity contribution in [2.75, 3.05) is 14.2 Å². The van der Waals surface area contributed by atoms with Gasteiger partial charge in [-0.1, -0.05) is 30.3 Å². The molecule has 0 aliphatic rings. The van der Waals surface area contributed by atoms with Crippen molar-refractivity contribution in [3.63, 3.8) is 0 Å². The lowest BCUT2D eigenvalue weighted by Crippen LogP contribution is -1.97. The van der Waals surface area contributed by atoms with E-state index < -0.39 is 0 Å². The Balaban J connectivity index is 2.07. The highest BCUT2D eigenvalue weighted by atomic mass is 32.1. The molecule has 0 aliphatic carbocycles. The quantitative estimate of drug-likeness (QED) is 0.679. The maximum Gasteiger partial charge on any atom is 0.202 e. The van der Waals surface area contributed by atoms with Crippen LogP contribution in [-0.2, 0) is 0 Å². The van der Waals surface area contributed by atoms with E-state index in [1.54, 1.807) is 14.2 Å². The zero-order chi connectivity index (χ0) is 14.8. The molecule has 0 radical (unpaired) electrons. The fourth-order valence-corrected chi connectivity index (χ4v) is 3.25. The number of ketones is 1. The van der Waals surface area contributed by atoms with Gasteiger partial charge in [0.1, 0.15) is 0 Å². The summed E-state index contributed by atoms with van der Waals surface area (Å²) in [6.45, 7) is 0. The molecule has 3 nitrogen and oxygen atoms in total. The van der Waals surface area contributed by atoms with Crippen molar-refractivity contribution in [1.82, 2.24) is 0 Å². The minimum Gasteiger partial charge on any atom is -0.493 e. The summed E-state index contributed by atoms with van der Waals surface area (Å²) in [4.78, 5) is 13.2. The van der Waals surface area contributed by atoms with Crippen LogP contribution >= 0.6 is 11.3 Å². The van der Waals surface area contributed by atoms with Crippen LogP contribution in [0.5, 0.6) is 11.5 Å².